The van der Waals surface area contributed by atoms with Crippen molar-refractivity contribution in [3.8, 4) is 0 Å². The van der Waals surface area contributed by atoms with Crippen LogP contribution in [0.1, 0.15) is 450 Å². The molecule has 84 heavy (non-hydrogen) atoms. The van der Waals surface area contributed by atoms with Gasteiger partial charge in [-0.1, -0.05) is 418 Å². The Morgan fingerprint density at radius 3 is 0.810 bits per heavy atom. The number of aliphatic hydroxyl groups is 2. The highest BCUT2D eigenvalue weighted by molar-refractivity contribution is 5.76. The molecule has 0 aromatic heterocycles. The Labute approximate surface area is 527 Å². The van der Waals surface area contributed by atoms with Crippen molar-refractivity contribution in [1.29, 1.82) is 0 Å². The molecule has 0 saturated heterocycles. The van der Waals surface area contributed by atoms with E-state index < -0.39 is 12.1 Å². The van der Waals surface area contributed by atoms with Gasteiger partial charge in [0.15, 0.2) is 0 Å². The number of carbonyl (C=O) groups excluding carboxylic acids is 2. The molecule has 500 valence electrons. The quantitative estimate of drug-likeness (QED) is 0.0320. The fourth-order valence-corrected chi connectivity index (χ4v) is 12.6. The number of rotatable bonds is 74. The maximum atomic E-state index is 12.5. The fourth-order valence-electron chi connectivity index (χ4n) is 12.6. The third-order valence-corrected chi connectivity index (χ3v) is 18.6. The number of amides is 1. The van der Waals surface area contributed by atoms with E-state index in [1.54, 1.807) is 6.08 Å². The summed E-state index contributed by atoms with van der Waals surface area (Å²) in [5.74, 6) is -0.0333. The van der Waals surface area contributed by atoms with Crippen molar-refractivity contribution in [1.82, 2.24) is 5.32 Å². The van der Waals surface area contributed by atoms with Crippen molar-refractivity contribution in [2.75, 3.05) is 13.2 Å². The van der Waals surface area contributed by atoms with Crippen LogP contribution in [0, 0.1) is 0 Å². The molecule has 0 spiro atoms. The van der Waals surface area contributed by atoms with Gasteiger partial charge in [0.1, 0.15) is 0 Å². The number of hydrogen-bond acceptors (Lipinski definition) is 5. The Hall–Kier alpha value is -1.40. The summed E-state index contributed by atoms with van der Waals surface area (Å²) in [5, 5.41) is 23.2. The summed E-state index contributed by atoms with van der Waals surface area (Å²) >= 11 is 0. The first kappa shape index (κ1) is 82.6. The molecule has 3 N–H and O–H groups in total. The molecule has 0 heterocycles. The Kier molecular flexibility index (Phi) is 72.8. The summed E-state index contributed by atoms with van der Waals surface area (Å²) in [4.78, 5) is 24.5. The second-order valence-corrected chi connectivity index (χ2v) is 27.1. The van der Waals surface area contributed by atoms with Crippen molar-refractivity contribution in [3.05, 3.63) is 12.2 Å². The van der Waals surface area contributed by atoms with Crippen LogP contribution in [0.3, 0.4) is 0 Å². The molecule has 0 aliphatic rings. The first-order chi connectivity index (χ1) is 41.5. The summed E-state index contributed by atoms with van der Waals surface area (Å²) in [6.07, 6.45) is 93.5. The molecule has 6 heteroatoms. The Bertz CT molecular complexity index is 1270. The molecule has 0 bridgehead atoms. The minimum absolute atomic E-state index is 0.0245. The molecule has 6 nitrogen and oxygen atoms in total. The predicted octanol–water partition coefficient (Wildman–Crippen LogP) is 25.5. The first-order valence-corrected chi connectivity index (χ1v) is 39.0. The van der Waals surface area contributed by atoms with Gasteiger partial charge >= 0.3 is 5.97 Å². The molecule has 0 radical (unpaired) electrons. The SMILES string of the molecule is CCCCCCCCCCCCCCCCC/C=C/C(O)C(CO)NC(=O)CCCCCCCCCCCCCCCCCCCCCCCCCCCCCCCCCCCCCCCCCOC(=O)CCCCCCCCCCCCC. The maximum Gasteiger partial charge on any atom is 0.305 e. The van der Waals surface area contributed by atoms with Gasteiger partial charge in [0.25, 0.3) is 0 Å². The predicted molar refractivity (Wildman–Crippen MR) is 370 cm³/mol. The summed E-state index contributed by atoms with van der Waals surface area (Å²) in [7, 11) is 0. The van der Waals surface area contributed by atoms with Gasteiger partial charge in [-0.25, -0.2) is 0 Å². The van der Waals surface area contributed by atoms with Crippen LogP contribution in [0.25, 0.3) is 0 Å². The number of nitrogens with one attached hydrogen (secondary N) is 1. The zero-order chi connectivity index (χ0) is 60.6. The summed E-state index contributed by atoms with van der Waals surface area (Å²) in [6.45, 7) is 4.95. The van der Waals surface area contributed by atoms with Crippen LogP contribution in [0.2, 0.25) is 0 Å². The summed E-state index contributed by atoms with van der Waals surface area (Å²) < 4.78 is 5.48. The molecule has 0 fully saturated rings. The van der Waals surface area contributed by atoms with E-state index >= 15 is 0 Å². The third-order valence-electron chi connectivity index (χ3n) is 18.6. The maximum absolute atomic E-state index is 12.5. The van der Waals surface area contributed by atoms with Gasteiger partial charge in [-0.3, -0.25) is 9.59 Å². The highest BCUT2D eigenvalue weighted by atomic mass is 16.5. The molecule has 0 rings (SSSR count). The van der Waals surface area contributed by atoms with Gasteiger partial charge in [-0.2, -0.15) is 0 Å². The van der Waals surface area contributed by atoms with Crippen LogP contribution in [0.15, 0.2) is 12.2 Å². The number of aliphatic hydroxyl groups excluding tert-OH is 2. The van der Waals surface area contributed by atoms with E-state index in [1.165, 1.54) is 385 Å². The van der Waals surface area contributed by atoms with Crippen LogP contribution >= 0.6 is 0 Å². The Morgan fingerprint density at radius 1 is 0.321 bits per heavy atom. The van der Waals surface area contributed by atoms with Crippen LogP contribution < -0.4 is 5.32 Å². The largest absolute Gasteiger partial charge is 0.466 e. The van der Waals surface area contributed by atoms with E-state index in [0.29, 0.717) is 19.4 Å². The Balaban J connectivity index is 3.30. The summed E-state index contributed by atoms with van der Waals surface area (Å²) in [6, 6.07) is -0.623. The third kappa shape index (κ3) is 69.7. The van der Waals surface area contributed by atoms with E-state index in [1.807, 2.05) is 6.08 Å². The van der Waals surface area contributed by atoms with E-state index in [0.717, 1.165) is 38.5 Å². The lowest BCUT2D eigenvalue weighted by Crippen LogP contribution is -2.45. The smallest absolute Gasteiger partial charge is 0.305 e. The molecule has 2 atom stereocenters. The van der Waals surface area contributed by atoms with Crippen LogP contribution in [-0.4, -0.2) is 47.4 Å². The molecule has 0 aromatic carbocycles. The summed E-state index contributed by atoms with van der Waals surface area (Å²) in [5.41, 5.74) is 0. The van der Waals surface area contributed by atoms with E-state index in [4.69, 9.17) is 4.74 Å². The van der Waals surface area contributed by atoms with Crippen LogP contribution in [-0.2, 0) is 14.3 Å². The minimum atomic E-state index is -0.840. The van der Waals surface area contributed by atoms with E-state index in [-0.39, 0.29) is 18.5 Å². The number of unbranched alkanes of at least 4 members (excludes halogenated alkanes) is 63. The van der Waals surface area contributed by atoms with Crippen molar-refractivity contribution in [3.63, 3.8) is 0 Å². The second-order valence-electron chi connectivity index (χ2n) is 27.1. The zero-order valence-electron chi connectivity index (χ0n) is 57.4. The van der Waals surface area contributed by atoms with Gasteiger partial charge in [-0.05, 0) is 32.1 Å². The Morgan fingerprint density at radius 2 is 0.548 bits per heavy atom. The fraction of sp³-hybridized carbons (Fsp3) is 0.949. The van der Waals surface area contributed by atoms with Gasteiger partial charge in [0.2, 0.25) is 5.91 Å². The molecule has 0 aromatic rings. The van der Waals surface area contributed by atoms with Crippen molar-refractivity contribution >= 4 is 11.9 Å². The number of esters is 1. The topological polar surface area (TPSA) is 95.9 Å². The normalized spacial score (nSPS) is 12.5. The lowest BCUT2D eigenvalue weighted by Gasteiger charge is -2.20. The minimum Gasteiger partial charge on any atom is -0.466 e. The molecule has 0 saturated carbocycles. The van der Waals surface area contributed by atoms with Gasteiger partial charge in [0.05, 0.1) is 25.4 Å². The number of allylic oxidation sites excluding steroid dienone is 1. The standard InChI is InChI=1S/C78H153NO5/c1-3-5-7-9-11-13-15-16-17-41-44-47-51-54-58-62-66-70-76(81)75(74-80)79-77(82)71-67-63-59-55-52-48-45-42-39-37-35-33-31-29-27-25-23-21-19-18-20-22-24-26-28-30-32-34-36-38-40-43-46-49-53-57-61-65-69-73-84-78(83)72-68-64-60-56-50-14-12-10-8-6-4-2/h66,70,75-76,80-81H,3-65,67-69,71-74H2,1-2H3,(H,79,82)/b70-66+. The molecule has 0 aliphatic heterocycles. The second kappa shape index (κ2) is 74.1. The van der Waals surface area contributed by atoms with Crippen LogP contribution in [0.5, 0.6) is 0 Å². The number of carbonyl (C=O) groups is 2. The first-order valence-electron chi connectivity index (χ1n) is 39.0. The van der Waals surface area contributed by atoms with Crippen molar-refractivity contribution in [2.24, 2.45) is 0 Å². The molecule has 2 unspecified atom stereocenters. The van der Waals surface area contributed by atoms with Gasteiger partial charge in [0, 0.05) is 12.8 Å². The van der Waals surface area contributed by atoms with Gasteiger partial charge < -0.3 is 20.3 Å². The molecule has 0 aliphatic carbocycles. The average molecular weight is 1190 g/mol. The molecular formula is C78H153NO5. The van der Waals surface area contributed by atoms with Crippen molar-refractivity contribution in [2.45, 2.75) is 463 Å². The number of ether oxygens (including phenoxy) is 1. The lowest BCUT2D eigenvalue weighted by molar-refractivity contribution is -0.143. The van der Waals surface area contributed by atoms with Crippen molar-refractivity contribution < 1.29 is 24.5 Å². The lowest BCUT2D eigenvalue weighted by atomic mass is 10.0. The van der Waals surface area contributed by atoms with Crippen LogP contribution in [0.4, 0.5) is 0 Å². The molecule has 1 amide bonds. The molecular weight excluding hydrogens is 1030 g/mol. The highest BCUT2D eigenvalue weighted by Crippen LogP contribution is 2.20. The monoisotopic (exact) mass is 1180 g/mol. The number of hydrogen-bond donors (Lipinski definition) is 3. The van der Waals surface area contributed by atoms with E-state index in [2.05, 4.69) is 19.2 Å². The van der Waals surface area contributed by atoms with E-state index in [9.17, 15) is 19.8 Å². The highest BCUT2D eigenvalue weighted by Gasteiger charge is 2.18. The zero-order valence-corrected chi connectivity index (χ0v) is 57.4. The van der Waals surface area contributed by atoms with Gasteiger partial charge in [-0.15, -0.1) is 0 Å². The average Bonchev–Trinajstić information content (AvgIpc) is 3.52.